The van der Waals surface area contributed by atoms with Crippen LogP contribution in [0.4, 0.5) is 0 Å². The first-order chi connectivity index (χ1) is 12.3. The van der Waals surface area contributed by atoms with Crippen LogP contribution in [0.2, 0.25) is 0 Å². The maximum atomic E-state index is 4.88. The molecule has 0 bridgehead atoms. The molecule has 2 aromatic heterocycles. The van der Waals surface area contributed by atoms with E-state index in [9.17, 15) is 0 Å². The molecule has 4 rings (SSSR count). The molecule has 0 radical (unpaired) electrons. The minimum Gasteiger partial charge on any atom is -0.357 e. The van der Waals surface area contributed by atoms with Gasteiger partial charge in [0.1, 0.15) is 5.82 Å². The Morgan fingerprint density at radius 3 is 2.96 bits per heavy atom. The fourth-order valence-electron chi connectivity index (χ4n) is 4.40. The molecular formula is C19H28N6. The Kier molecular flexibility index (Phi) is 4.59. The van der Waals surface area contributed by atoms with Gasteiger partial charge in [0.05, 0.1) is 0 Å². The van der Waals surface area contributed by atoms with Gasteiger partial charge in [-0.3, -0.25) is 9.39 Å². The van der Waals surface area contributed by atoms with Crippen LogP contribution in [0.25, 0.3) is 5.65 Å². The molecule has 1 aliphatic carbocycles. The third-order valence-electron chi connectivity index (χ3n) is 5.72. The molecule has 6 nitrogen and oxygen atoms in total. The number of rotatable bonds is 4. The summed E-state index contributed by atoms with van der Waals surface area (Å²) in [6, 6.07) is 5.98. The van der Waals surface area contributed by atoms with Crippen molar-refractivity contribution in [3.63, 3.8) is 0 Å². The summed E-state index contributed by atoms with van der Waals surface area (Å²) >= 11 is 0. The molecule has 2 fully saturated rings. The molecule has 1 N–H and O–H groups in total. The predicted octanol–water partition coefficient (Wildman–Crippen LogP) is 2.50. The summed E-state index contributed by atoms with van der Waals surface area (Å²) in [4.78, 5) is 7.35. The van der Waals surface area contributed by atoms with Crippen LogP contribution in [0.15, 0.2) is 29.4 Å². The van der Waals surface area contributed by atoms with Crippen molar-refractivity contribution >= 4 is 11.6 Å². The van der Waals surface area contributed by atoms with Crippen molar-refractivity contribution in [3.05, 3.63) is 30.2 Å². The molecule has 134 valence electrons. The first-order valence-electron chi connectivity index (χ1n) is 9.62. The predicted molar refractivity (Wildman–Crippen MR) is 99.8 cm³/mol. The smallest absolute Gasteiger partial charge is 0.193 e. The molecule has 1 spiro atoms. The molecule has 6 heteroatoms. The quantitative estimate of drug-likeness (QED) is 0.686. The highest BCUT2D eigenvalue weighted by Gasteiger charge is 2.41. The minimum absolute atomic E-state index is 0.569. The molecule has 1 saturated carbocycles. The fourth-order valence-corrected chi connectivity index (χ4v) is 4.40. The van der Waals surface area contributed by atoms with E-state index in [4.69, 9.17) is 4.99 Å². The van der Waals surface area contributed by atoms with E-state index in [1.807, 2.05) is 28.8 Å². The zero-order valence-corrected chi connectivity index (χ0v) is 15.1. The monoisotopic (exact) mass is 340 g/mol. The molecule has 0 atom stereocenters. The van der Waals surface area contributed by atoms with Crippen LogP contribution in [0.1, 0.15) is 44.9 Å². The summed E-state index contributed by atoms with van der Waals surface area (Å²) in [5.74, 6) is 2.05. The lowest BCUT2D eigenvalue weighted by molar-refractivity contribution is 0.309. The molecule has 0 aromatic carbocycles. The van der Waals surface area contributed by atoms with Crippen molar-refractivity contribution in [2.24, 2.45) is 10.4 Å². The van der Waals surface area contributed by atoms with Gasteiger partial charge in [0, 0.05) is 38.8 Å². The fraction of sp³-hybridized carbons (Fsp3) is 0.632. The number of hydrogen-bond acceptors (Lipinski definition) is 3. The van der Waals surface area contributed by atoms with Crippen LogP contribution < -0.4 is 5.32 Å². The molecule has 3 heterocycles. The highest BCUT2D eigenvalue weighted by molar-refractivity contribution is 5.80. The summed E-state index contributed by atoms with van der Waals surface area (Å²) < 4.78 is 2.05. The summed E-state index contributed by atoms with van der Waals surface area (Å²) in [6.07, 6.45) is 9.75. The average molecular weight is 340 g/mol. The lowest BCUT2D eigenvalue weighted by Gasteiger charge is -2.25. The Labute approximate surface area is 149 Å². The first kappa shape index (κ1) is 16.4. The van der Waals surface area contributed by atoms with Gasteiger partial charge >= 0.3 is 0 Å². The van der Waals surface area contributed by atoms with E-state index >= 15 is 0 Å². The Morgan fingerprint density at radius 2 is 2.12 bits per heavy atom. The van der Waals surface area contributed by atoms with E-state index in [1.54, 1.807) is 0 Å². The molecule has 25 heavy (non-hydrogen) atoms. The lowest BCUT2D eigenvalue weighted by atomic mass is 9.86. The van der Waals surface area contributed by atoms with Crippen molar-refractivity contribution in [3.8, 4) is 0 Å². The Balaban J connectivity index is 1.42. The maximum Gasteiger partial charge on any atom is 0.193 e. The standard InChI is InChI=1S/C19H28N6/c1-2-20-18(24-14-11-19(15-24)9-4-5-10-19)21-12-8-17-23-22-16-7-3-6-13-25(16)17/h3,6-7,13H,2,4-5,8-12,14-15H2,1H3,(H,20,21). The Hall–Kier alpha value is -2.11. The van der Waals surface area contributed by atoms with Crippen LogP contribution in [-0.2, 0) is 6.42 Å². The number of aromatic nitrogens is 3. The van der Waals surface area contributed by atoms with E-state index in [0.29, 0.717) is 5.41 Å². The number of fused-ring (bicyclic) bond motifs is 1. The van der Waals surface area contributed by atoms with E-state index in [1.165, 1.54) is 38.6 Å². The van der Waals surface area contributed by atoms with Crippen molar-refractivity contribution in [1.29, 1.82) is 0 Å². The summed E-state index contributed by atoms with van der Waals surface area (Å²) in [7, 11) is 0. The summed E-state index contributed by atoms with van der Waals surface area (Å²) in [5, 5.41) is 12.0. The number of likely N-dealkylation sites (tertiary alicyclic amines) is 1. The minimum atomic E-state index is 0.569. The topological polar surface area (TPSA) is 57.8 Å². The second-order valence-corrected chi connectivity index (χ2v) is 7.41. The molecule has 1 saturated heterocycles. The highest BCUT2D eigenvalue weighted by Crippen LogP contribution is 2.45. The van der Waals surface area contributed by atoms with Gasteiger partial charge in [-0.15, -0.1) is 10.2 Å². The van der Waals surface area contributed by atoms with Crippen LogP contribution in [0, 0.1) is 5.41 Å². The average Bonchev–Trinajstić information content (AvgIpc) is 3.36. The van der Waals surface area contributed by atoms with Crippen molar-refractivity contribution < 1.29 is 0 Å². The van der Waals surface area contributed by atoms with Gasteiger partial charge in [0.25, 0.3) is 0 Å². The molecule has 0 unspecified atom stereocenters. The molecule has 1 aliphatic heterocycles. The zero-order valence-electron chi connectivity index (χ0n) is 15.1. The number of pyridine rings is 1. The van der Waals surface area contributed by atoms with Crippen LogP contribution in [-0.4, -0.2) is 51.6 Å². The normalized spacial score (nSPS) is 20.0. The van der Waals surface area contributed by atoms with Gasteiger partial charge in [-0.1, -0.05) is 18.9 Å². The zero-order chi connectivity index (χ0) is 17.1. The Morgan fingerprint density at radius 1 is 1.24 bits per heavy atom. The number of guanidine groups is 1. The molecule has 2 aliphatic rings. The maximum absolute atomic E-state index is 4.88. The van der Waals surface area contributed by atoms with E-state index in [2.05, 4.69) is 27.3 Å². The van der Waals surface area contributed by atoms with Gasteiger partial charge < -0.3 is 10.2 Å². The first-order valence-corrected chi connectivity index (χ1v) is 9.62. The van der Waals surface area contributed by atoms with Gasteiger partial charge in [-0.05, 0) is 43.7 Å². The second-order valence-electron chi connectivity index (χ2n) is 7.41. The molecule has 0 amide bonds. The van der Waals surface area contributed by atoms with Crippen molar-refractivity contribution in [2.75, 3.05) is 26.2 Å². The summed E-state index contributed by atoms with van der Waals surface area (Å²) in [5.41, 5.74) is 1.47. The van der Waals surface area contributed by atoms with E-state index in [-0.39, 0.29) is 0 Å². The molecule has 2 aromatic rings. The SMILES string of the molecule is CCNC(=NCCc1nnc2ccccn12)N1CCC2(CCCC2)C1. The van der Waals surface area contributed by atoms with Gasteiger partial charge in [0.2, 0.25) is 0 Å². The van der Waals surface area contributed by atoms with Gasteiger partial charge in [-0.25, -0.2) is 0 Å². The van der Waals surface area contributed by atoms with Crippen LogP contribution in [0.5, 0.6) is 0 Å². The van der Waals surface area contributed by atoms with Crippen molar-refractivity contribution in [2.45, 2.75) is 45.4 Å². The Bertz CT molecular complexity index is 743. The highest BCUT2D eigenvalue weighted by atomic mass is 15.3. The number of nitrogens with one attached hydrogen (secondary N) is 1. The van der Waals surface area contributed by atoms with Gasteiger partial charge in [0.15, 0.2) is 11.6 Å². The summed E-state index contributed by atoms with van der Waals surface area (Å²) in [6.45, 7) is 6.10. The number of nitrogens with zero attached hydrogens (tertiary/aromatic N) is 5. The van der Waals surface area contributed by atoms with E-state index < -0.39 is 0 Å². The van der Waals surface area contributed by atoms with Crippen LogP contribution >= 0.6 is 0 Å². The second kappa shape index (κ2) is 7.02. The third-order valence-corrected chi connectivity index (χ3v) is 5.72. The van der Waals surface area contributed by atoms with E-state index in [0.717, 1.165) is 43.5 Å². The number of aliphatic imine (C=N–C) groups is 1. The van der Waals surface area contributed by atoms with Crippen molar-refractivity contribution in [1.82, 2.24) is 24.8 Å². The third kappa shape index (κ3) is 3.34. The largest absolute Gasteiger partial charge is 0.357 e. The molecular weight excluding hydrogens is 312 g/mol. The van der Waals surface area contributed by atoms with Crippen LogP contribution in [0.3, 0.4) is 0 Å². The van der Waals surface area contributed by atoms with Gasteiger partial charge in [-0.2, -0.15) is 0 Å². The number of hydrogen-bond donors (Lipinski definition) is 1. The lowest BCUT2D eigenvalue weighted by Crippen LogP contribution is -2.41.